The Morgan fingerprint density at radius 1 is 1.42 bits per heavy atom. The van der Waals surface area contributed by atoms with Crippen molar-refractivity contribution in [2.24, 2.45) is 12.0 Å². The Morgan fingerprint density at radius 3 is 2.58 bits per heavy atom. The zero-order valence-electron chi connectivity index (χ0n) is 13.7. The lowest BCUT2D eigenvalue weighted by Crippen LogP contribution is -2.46. The fourth-order valence-electron chi connectivity index (χ4n) is 2.56. The number of hydrogen-bond donors (Lipinski definition) is 2. The Labute approximate surface area is 156 Å². The number of aliphatic imine (C=N–C) groups is 1. The lowest BCUT2D eigenvalue weighted by Gasteiger charge is -2.32. The third-order valence-electron chi connectivity index (χ3n) is 3.67. The van der Waals surface area contributed by atoms with Gasteiger partial charge in [0.05, 0.1) is 12.6 Å². The summed E-state index contributed by atoms with van der Waals surface area (Å²) in [5.74, 6) is 0.566. The number of aliphatic hydroxyl groups excluding tert-OH is 1. The molecule has 0 bridgehead atoms. The molecule has 1 aromatic heterocycles. The van der Waals surface area contributed by atoms with Gasteiger partial charge < -0.3 is 15.3 Å². The molecule has 138 valence electrons. The molecule has 0 aromatic carbocycles. The van der Waals surface area contributed by atoms with Crippen molar-refractivity contribution >= 4 is 29.9 Å². The predicted octanol–water partition coefficient (Wildman–Crippen LogP) is 1.98. The first kappa shape index (κ1) is 21.0. The van der Waals surface area contributed by atoms with Gasteiger partial charge in [-0.3, -0.25) is 4.68 Å². The van der Waals surface area contributed by atoms with E-state index in [4.69, 9.17) is 0 Å². The molecule has 24 heavy (non-hydrogen) atoms. The molecule has 0 spiro atoms. The molecule has 0 saturated carbocycles. The minimum Gasteiger partial charge on any atom is -0.393 e. The normalized spacial score (nSPS) is 16.9. The molecule has 0 aliphatic carbocycles. The van der Waals surface area contributed by atoms with Crippen LogP contribution in [0.5, 0.6) is 0 Å². The highest BCUT2D eigenvalue weighted by Crippen LogP contribution is 2.30. The van der Waals surface area contributed by atoms with Gasteiger partial charge >= 0.3 is 6.18 Å². The van der Waals surface area contributed by atoms with Gasteiger partial charge in [0.1, 0.15) is 0 Å². The Bertz CT molecular complexity index is 553. The van der Waals surface area contributed by atoms with Crippen LogP contribution >= 0.6 is 24.0 Å². The maximum atomic E-state index is 13.0. The van der Waals surface area contributed by atoms with Gasteiger partial charge in [0.25, 0.3) is 0 Å². The van der Waals surface area contributed by atoms with E-state index in [1.165, 1.54) is 13.2 Å². The molecule has 1 aromatic rings. The second kappa shape index (κ2) is 8.88. The van der Waals surface area contributed by atoms with Crippen LogP contribution < -0.4 is 5.32 Å². The van der Waals surface area contributed by atoms with Crippen molar-refractivity contribution in [2.75, 3.05) is 19.6 Å². The average molecular weight is 461 g/mol. The van der Waals surface area contributed by atoms with Crippen molar-refractivity contribution in [2.45, 2.75) is 38.6 Å². The lowest BCUT2D eigenvalue weighted by molar-refractivity contribution is -0.142. The molecule has 2 rings (SSSR count). The summed E-state index contributed by atoms with van der Waals surface area (Å²) in [5.41, 5.74) is -0.846. The minimum absolute atomic E-state index is 0. The zero-order valence-corrected chi connectivity index (χ0v) is 16.0. The lowest BCUT2D eigenvalue weighted by atomic mass is 10.1. The largest absolute Gasteiger partial charge is 0.435 e. The quantitative estimate of drug-likeness (QED) is 0.411. The molecule has 1 fully saturated rings. The molecule has 0 unspecified atom stereocenters. The van der Waals surface area contributed by atoms with E-state index in [1.54, 1.807) is 0 Å². The van der Waals surface area contributed by atoms with Gasteiger partial charge in [-0.05, 0) is 19.8 Å². The van der Waals surface area contributed by atoms with E-state index in [1.807, 2.05) is 11.8 Å². The summed E-state index contributed by atoms with van der Waals surface area (Å²) in [6.45, 7) is 3.69. The van der Waals surface area contributed by atoms with E-state index in [0.29, 0.717) is 38.4 Å². The molecular weight excluding hydrogens is 438 g/mol. The van der Waals surface area contributed by atoms with Gasteiger partial charge in [-0.1, -0.05) is 0 Å². The van der Waals surface area contributed by atoms with Crippen molar-refractivity contribution in [1.29, 1.82) is 0 Å². The fourth-order valence-corrected chi connectivity index (χ4v) is 2.56. The van der Waals surface area contributed by atoms with Crippen LogP contribution in [0.2, 0.25) is 0 Å². The monoisotopic (exact) mass is 461 g/mol. The zero-order chi connectivity index (χ0) is 17.0. The number of nitrogens with zero attached hydrogens (tertiary/aromatic N) is 4. The van der Waals surface area contributed by atoms with Gasteiger partial charge in [0.2, 0.25) is 0 Å². The van der Waals surface area contributed by atoms with E-state index in [0.717, 1.165) is 4.68 Å². The maximum absolute atomic E-state index is 13.0. The number of aromatic nitrogens is 2. The summed E-state index contributed by atoms with van der Waals surface area (Å²) in [6.07, 6.45) is -2.20. The first-order chi connectivity index (χ1) is 10.8. The molecular formula is C14H23F3IN5O. The SMILES string of the molecule is CCNC(=NCc1cn(C)nc1C(F)(F)F)N1CCC(O)CC1.I. The van der Waals surface area contributed by atoms with Gasteiger partial charge in [-0.2, -0.15) is 18.3 Å². The number of rotatable bonds is 3. The number of halogens is 4. The number of likely N-dealkylation sites (tertiary alicyclic amines) is 1. The fraction of sp³-hybridized carbons (Fsp3) is 0.714. The Hall–Kier alpha value is -1.04. The highest BCUT2D eigenvalue weighted by molar-refractivity contribution is 14.0. The number of alkyl halides is 3. The van der Waals surface area contributed by atoms with Crippen molar-refractivity contribution in [1.82, 2.24) is 20.0 Å². The van der Waals surface area contributed by atoms with Gasteiger partial charge in [-0.25, -0.2) is 4.99 Å². The van der Waals surface area contributed by atoms with Crippen molar-refractivity contribution in [3.63, 3.8) is 0 Å². The molecule has 0 amide bonds. The highest BCUT2D eigenvalue weighted by Gasteiger charge is 2.36. The van der Waals surface area contributed by atoms with Gasteiger partial charge in [0.15, 0.2) is 11.7 Å². The summed E-state index contributed by atoms with van der Waals surface area (Å²) in [4.78, 5) is 6.27. The smallest absolute Gasteiger partial charge is 0.393 e. The van der Waals surface area contributed by atoms with E-state index in [2.05, 4.69) is 15.4 Å². The van der Waals surface area contributed by atoms with Crippen LogP contribution in [0, 0.1) is 0 Å². The van der Waals surface area contributed by atoms with E-state index in [-0.39, 0.29) is 42.2 Å². The topological polar surface area (TPSA) is 65.7 Å². The summed E-state index contributed by atoms with van der Waals surface area (Å²) in [6, 6.07) is 0. The molecule has 2 heterocycles. The van der Waals surface area contributed by atoms with E-state index >= 15 is 0 Å². The molecule has 10 heteroatoms. The van der Waals surface area contributed by atoms with E-state index < -0.39 is 11.9 Å². The standard InChI is InChI=1S/C14H22F3N5O.HI/c1-3-18-13(22-6-4-11(23)5-7-22)19-8-10-9-21(2)20-12(10)14(15,16)17;/h9,11,23H,3-8H2,1-2H3,(H,18,19);1H. The second-order valence-electron chi connectivity index (χ2n) is 5.56. The van der Waals surface area contributed by atoms with Crippen molar-refractivity contribution in [3.8, 4) is 0 Å². The van der Waals surface area contributed by atoms with Crippen LogP contribution in [0.3, 0.4) is 0 Å². The molecule has 1 aliphatic heterocycles. The highest BCUT2D eigenvalue weighted by atomic mass is 127. The number of aryl methyl sites for hydroxylation is 1. The van der Waals surface area contributed by atoms with Gasteiger partial charge in [-0.15, -0.1) is 24.0 Å². The van der Waals surface area contributed by atoms with Crippen LogP contribution in [0.1, 0.15) is 31.0 Å². The van der Waals surface area contributed by atoms with Crippen molar-refractivity contribution in [3.05, 3.63) is 17.5 Å². The first-order valence-electron chi connectivity index (χ1n) is 7.62. The number of aliphatic hydroxyl groups is 1. The van der Waals surface area contributed by atoms with E-state index in [9.17, 15) is 18.3 Å². The van der Waals surface area contributed by atoms with Crippen molar-refractivity contribution < 1.29 is 18.3 Å². The number of nitrogens with one attached hydrogen (secondary N) is 1. The Morgan fingerprint density at radius 2 is 2.04 bits per heavy atom. The minimum atomic E-state index is -4.49. The molecule has 0 radical (unpaired) electrons. The molecule has 0 atom stereocenters. The maximum Gasteiger partial charge on any atom is 0.435 e. The molecule has 2 N–H and O–H groups in total. The summed E-state index contributed by atoms with van der Waals surface area (Å²) in [7, 11) is 1.46. The summed E-state index contributed by atoms with van der Waals surface area (Å²) < 4.78 is 40.0. The predicted molar refractivity (Wildman–Crippen MR) is 95.3 cm³/mol. The van der Waals surface area contributed by atoms with Crippen LogP contribution in [0.25, 0.3) is 0 Å². The van der Waals surface area contributed by atoms with Crippen LogP contribution in [-0.2, 0) is 19.8 Å². The summed E-state index contributed by atoms with van der Waals surface area (Å²) >= 11 is 0. The third kappa shape index (κ3) is 5.50. The number of piperidine rings is 1. The summed E-state index contributed by atoms with van der Waals surface area (Å²) in [5, 5.41) is 16.1. The first-order valence-corrected chi connectivity index (χ1v) is 7.62. The molecule has 6 nitrogen and oxygen atoms in total. The Kier molecular flexibility index (Phi) is 7.77. The van der Waals surface area contributed by atoms with Crippen LogP contribution in [0.4, 0.5) is 13.2 Å². The van der Waals surface area contributed by atoms with Crippen LogP contribution in [0.15, 0.2) is 11.2 Å². The second-order valence-corrected chi connectivity index (χ2v) is 5.56. The van der Waals surface area contributed by atoms with Crippen LogP contribution in [-0.4, -0.2) is 51.5 Å². The van der Waals surface area contributed by atoms with Gasteiger partial charge in [0, 0.05) is 38.4 Å². The molecule has 1 aliphatic rings. The number of guanidine groups is 1. The third-order valence-corrected chi connectivity index (χ3v) is 3.67. The Balaban J connectivity index is 0.00000288. The molecule has 1 saturated heterocycles. The number of hydrogen-bond acceptors (Lipinski definition) is 3. The average Bonchev–Trinajstić information content (AvgIpc) is 2.86.